The summed E-state index contributed by atoms with van der Waals surface area (Å²) in [4.78, 5) is 11.7. The topological polar surface area (TPSA) is 41.1 Å². The number of rotatable bonds is 8. The van der Waals surface area contributed by atoms with Gasteiger partial charge in [-0.05, 0) is 25.8 Å². The van der Waals surface area contributed by atoms with Crippen LogP contribution in [-0.2, 0) is 6.42 Å². The number of aromatic nitrogens is 2. The zero-order chi connectivity index (χ0) is 18.2. The highest BCUT2D eigenvalue weighted by atomic mass is 15.3. The molecule has 0 aliphatic carbocycles. The molecule has 0 unspecified atom stereocenters. The molecule has 0 bridgehead atoms. The number of hydrogen-bond acceptors (Lipinski definition) is 4. The second-order valence-corrected chi connectivity index (χ2v) is 6.14. The Balaban J connectivity index is 1.82. The molecule has 1 N–H and O–H groups in total. The fourth-order valence-electron chi connectivity index (χ4n) is 2.91. The Morgan fingerprint density at radius 1 is 0.846 bits per heavy atom. The lowest BCUT2D eigenvalue weighted by Crippen LogP contribution is -2.24. The van der Waals surface area contributed by atoms with Crippen molar-refractivity contribution in [1.29, 1.82) is 0 Å². The number of nitrogens with one attached hydrogen (secondary N) is 1. The van der Waals surface area contributed by atoms with Gasteiger partial charge in [-0.25, -0.2) is 4.98 Å². The lowest BCUT2D eigenvalue weighted by atomic mass is 10.1. The van der Waals surface area contributed by atoms with E-state index in [2.05, 4.69) is 60.5 Å². The van der Waals surface area contributed by atoms with Crippen molar-refractivity contribution in [2.75, 3.05) is 29.9 Å². The van der Waals surface area contributed by atoms with E-state index in [1.165, 1.54) is 5.56 Å². The molecule has 0 atom stereocenters. The van der Waals surface area contributed by atoms with E-state index in [0.29, 0.717) is 0 Å². The largest absolute Gasteiger partial charge is 0.370 e. The van der Waals surface area contributed by atoms with Gasteiger partial charge in [0.2, 0.25) is 5.95 Å². The second kappa shape index (κ2) is 8.99. The summed E-state index contributed by atoms with van der Waals surface area (Å²) in [6.07, 6.45) is 0.964. The lowest BCUT2D eigenvalue weighted by molar-refractivity contribution is 0.821. The Bertz CT molecular complexity index is 799. The zero-order valence-corrected chi connectivity index (χ0v) is 15.5. The van der Waals surface area contributed by atoms with E-state index in [1.54, 1.807) is 0 Å². The summed E-state index contributed by atoms with van der Waals surface area (Å²) in [5.74, 6) is 1.65. The Morgan fingerprint density at radius 3 is 2.15 bits per heavy atom. The zero-order valence-electron chi connectivity index (χ0n) is 15.5. The van der Waals surface area contributed by atoms with Crippen molar-refractivity contribution in [3.8, 4) is 11.3 Å². The van der Waals surface area contributed by atoms with E-state index in [4.69, 9.17) is 9.97 Å². The highest BCUT2D eigenvalue weighted by Gasteiger charge is 2.11. The molecular formula is C22H26N4. The molecule has 0 aliphatic heterocycles. The molecule has 2 aromatic carbocycles. The number of anilines is 2. The summed E-state index contributed by atoms with van der Waals surface area (Å²) in [6, 6.07) is 22.8. The highest BCUT2D eigenvalue weighted by Crippen LogP contribution is 2.23. The fourth-order valence-corrected chi connectivity index (χ4v) is 2.91. The van der Waals surface area contributed by atoms with Crippen molar-refractivity contribution in [3.63, 3.8) is 0 Å². The Morgan fingerprint density at radius 2 is 1.50 bits per heavy atom. The predicted molar refractivity (Wildman–Crippen MR) is 110 cm³/mol. The average molecular weight is 346 g/mol. The van der Waals surface area contributed by atoms with E-state index >= 15 is 0 Å². The molecule has 3 aromatic rings. The van der Waals surface area contributed by atoms with Crippen molar-refractivity contribution in [1.82, 2.24) is 9.97 Å². The van der Waals surface area contributed by atoms with Crippen LogP contribution in [0.25, 0.3) is 11.3 Å². The minimum absolute atomic E-state index is 0.776. The molecule has 134 valence electrons. The van der Waals surface area contributed by atoms with Crippen molar-refractivity contribution in [2.45, 2.75) is 20.3 Å². The first-order chi connectivity index (χ1) is 12.8. The van der Waals surface area contributed by atoms with Gasteiger partial charge in [0.05, 0.1) is 5.69 Å². The molecule has 0 saturated heterocycles. The third-order valence-corrected chi connectivity index (χ3v) is 4.39. The number of benzene rings is 2. The van der Waals surface area contributed by atoms with Crippen molar-refractivity contribution in [2.24, 2.45) is 0 Å². The second-order valence-electron chi connectivity index (χ2n) is 6.14. The molecule has 0 saturated carbocycles. The number of nitrogens with zero attached hydrogens (tertiary/aromatic N) is 3. The Kier molecular flexibility index (Phi) is 6.20. The minimum Gasteiger partial charge on any atom is -0.370 e. The third-order valence-electron chi connectivity index (χ3n) is 4.39. The maximum absolute atomic E-state index is 4.79. The van der Waals surface area contributed by atoms with Gasteiger partial charge in [-0.1, -0.05) is 60.7 Å². The summed E-state index contributed by atoms with van der Waals surface area (Å²) in [5, 5.41) is 3.47. The van der Waals surface area contributed by atoms with Crippen LogP contribution in [0.1, 0.15) is 19.4 Å². The van der Waals surface area contributed by atoms with Crippen LogP contribution >= 0.6 is 0 Å². The molecule has 3 rings (SSSR count). The first kappa shape index (κ1) is 17.9. The molecule has 0 spiro atoms. The van der Waals surface area contributed by atoms with Crippen LogP contribution < -0.4 is 10.2 Å². The van der Waals surface area contributed by atoms with Gasteiger partial charge in [-0.2, -0.15) is 4.98 Å². The van der Waals surface area contributed by atoms with Crippen LogP contribution in [0.4, 0.5) is 11.8 Å². The van der Waals surface area contributed by atoms with E-state index in [9.17, 15) is 0 Å². The summed E-state index contributed by atoms with van der Waals surface area (Å²) < 4.78 is 0. The van der Waals surface area contributed by atoms with E-state index in [-0.39, 0.29) is 0 Å². The maximum atomic E-state index is 4.79. The molecule has 26 heavy (non-hydrogen) atoms. The normalized spacial score (nSPS) is 10.5. The molecule has 4 heteroatoms. The summed E-state index contributed by atoms with van der Waals surface area (Å²) in [6.45, 7) is 6.87. The van der Waals surface area contributed by atoms with Gasteiger partial charge in [0.25, 0.3) is 0 Å². The first-order valence-corrected chi connectivity index (χ1v) is 9.27. The number of hydrogen-bond donors (Lipinski definition) is 1. The van der Waals surface area contributed by atoms with Crippen molar-refractivity contribution in [3.05, 3.63) is 72.3 Å². The fraction of sp³-hybridized carbons (Fsp3) is 0.273. The van der Waals surface area contributed by atoms with Gasteiger partial charge in [-0.15, -0.1) is 0 Å². The van der Waals surface area contributed by atoms with E-state index < -0.39 is 0 Å². The monoisotopic (exact) mass is 346 g/mol. The predicted octanol–water partition coefficient (Wildman–Crippen LogP) is 4.64. The minimum atomic E-state index is 0.776. The molecule has 0 aliphatic rings. The molecular weight excluding hydrogens is 320 g/mol. The summed E-state index contributed by atoms with van der Waals surface area (Å²) in [5.41, 5.74) is 3.38. The Hall–Kier alpha value is -2.88. The third kappa shape index (κ3) is 4.60. The van der Waals surface area contributed by atoms with Crippen LogP contribution in [0.5, 0.6) is 0 Å². The Labute approximate surface area is 155 Å². The van der Waals surface area contributed by atoms with Gasteiger partial charge in [-0.3, -0.25) is 0 Å². The molecule has 0 fully saturated rings. The van der Waals surface area contributed by atoms with Crippen LogP contribution in [0.15, 0.2) is 66.7 Å². The van der Waals surface area contributed by atoms with Gasteiger partial charge >= 0.3 is 0 Å². The standard InChI is InChI=1S/C22H26N4/c1-3-26(4-2)22-24-20(19-13-9-6-10-14-19)17-21(25-22)23-16-15-18-11-7-5-8-12-18/h5-14,17H,3-4,15-16H2,1-2H3,(H,23,24,25). The van der Waals surface area contributed by atoms with Crippen molar-refractivity contribution >= 4 is 11.8 Å². The van der Waals surface area contributed by atoms with Crippen LogP contribution in [0.3, 0.4) is 0 Å². The van der Waals surface area contributed by atoms with Crippen LogP contribution in [-0.4, -0.2) is 29.6 Å². The summed E-state index contributed by atoms with van der Waals surface area (Å²) in [7, 11) is 0. The van der Waals surface area contributed by atoms with Crippen LogP contribution in [0.2, 0.25) is 0 Å². The van der Waals surface area contributed by atoms with E-state index in [1.807, 2.05) is 30.3 Å². The smallest absolute Gasteiger partial charge is 0.227 e. The quantitative estimate of drug-likeness (QED) is 0.645. The molecule has 1 aromatic heterocycles. The molecule has 0 amide bonds. The van der Waals surface area contributed by atoms with Gasteiger partial charge in [0.1, 0.15) is 5.82 Å². The summed E-state index contributed by atoms with van der Waals surface area (Å²) >= 11 is 0. The first-order valence-electron chi connectivity index (χ1n) is 9.27. The molecule has 0 radical (unpaired) electrons. The average Bonchev–Trinajstić information content (AvgIpc) is 2.70. The van der Waals surface area contributed by atoms with Gasteiger partial charge in [0.15, 0.2) is 0 Å². The maximum Gasteiger partial charge on any atom is 0.227 e. The van der Waals surface area contributed by atoms with Gasteiger partial charge < -0.3 is 10.2 Å². The molecule has 4 nitrogen and oxygen atoms in total. The lowest BCUT2D eigenvalue weighted by Gasteiger charge is -2.20. The van der Waals surface area contributed by atoms with Gasteiger partial charge in [0, 0.05) is 31.3 Å². The van der Waals surface area contributed by atoms with Crippen molar-refractivity contribution < 1.29 is 0 Å². The molecule has 1 heterocycles. The van der Waals surface area contributed by atoms with Crippen LogP contribution in [0, 0.1) is 0 Å². The van der Waals surface area contributed by atoms with E-state index in [0.717, 1.165) is 49.1 Å². The highest BCUT2D eigenvalue weighted by molar-refractivity contribution is 5.64. The SMILES string of the molecule is CCN(CC)c1nc(NCCc2ccccc2)cc(-c2ccccc2)n1.